The maximum absolute atomic E-state index is 6.22. The lowest BCUT2D eigenvalue weighted by Gasteiger charge is -2.25. The molecule has 17 heavy (non-hydrogen) atoms. The number of nitrogens with one attached hydrogen (secondary N) is 1. The van der Waals surface area contributed by atoms with Crippen molar-refractivity contribution >= 4 is 23.2 Å². The summed E-state index contributed by atoms with van der Waals surface area (Å²) in [5.74, 6) is 0.427. The second-order valence-electron chi connectivity index (χ2n) is 4.19. The van der Waals surface area contributed by atoms with Crippen LogP contribution >= 0.6 is 23.2 Å². The molecule has 1 aromatic carbocycles. The van der Waals surface area contributed by atoms with Gasteiger partial charge < -0.3 is 10.1 Å². The van der Waals surface area contributed by atoms with Gasteiger partial charge in [0, 0.05) is 29.8 Å². The van der Waals surface area contributed by atoms with Gasteiger partial charge in [0.1, 0.15) is 0 Å². The van der Waals surface area contributed by atoms with E-state index in [9.17, 15) is 0 Å². The number of benzene rings is 1. The molecule has 0 radical (unpaired) electrons. The Balaban J connectivity index is 2.88. The molecule has 1 N–H and O–H groups in total. The Bertz CT molecular complexity index is 357. The summed E-state index contributed by atoms with van der Waals surface area (Å²) in [5.41, 5.74) is 1.05. The lowest BCUT2D eigenvalue weighted by atomic mass is 9.92. The Morgan fingerprint density at radius 2 is 2.06 bits per heavy atom. The quantitative estimate of drug-likeness (QED) is 0.850. The molecule has 2 nitrogen and oxygen atoms in total. The van der Waals surface area contributed by atoms with Gasteiger partial charge in [0.25, 0.3) is 0 Å². The SMILES string of the molecule is CNC(c1cc(Cl)ccc1Cl)C(C)CCOC. The topological polar surface area (TPSA) is 21.3 Å². The van der Waals surface area contributed by atoms with E-state index in [1.807, 2.05) is 19.2 Å². The molecule has 0 spiro atoms. The fraction of sp³-hybridized carbons (Fsp3) is 0.538. The molecule has 0 aliphatic rings. The van der Waals surface area contributed by atoms with Crippen molar-refractivity contribution in [1.29, 1.82) is 0 Å². The van der Waals surface area contributed by atoms with Gasteiger partial charge in [-0.15, -0.1) is 0 Å². The van der Waals surface area contributed by atoms with Crippen LogP contribution in [0.2, 0.25) is 10.0 Å². The van der Waals surface area contributed by atoms with Crippen molar-refractivity contribution in [1.82, 2.24) is 5.32 Å². The van der Waals surface area contributed by atoms with E-state index in [4.69, 9.17) is 27.9 Å². The minimum Gasteiger partial charge on any atom is -0.385 e. The Kier molecular flexibility index (Phi) is 6.28. The zero-order valence-corrected chi connectivity index (χ0v) is 12.0. The molecule has 2 unspecified atom stereocenters. The fourth-order valence-electron chi connectivity index (χ4n) is 1.97. The Labute approximate surface area is 113 Å². The van der Waals surface area contributed by atoms with Gasteiger partial charge in [-0.3, -0.25) is 0 Å². The van der Waals surface area contributed by atoms with Gasteiger partial charge in [-0.25, -0.2) is 0 Å². The molecule has 0 amide bonds. The minimum absolute atomic E-state index is 0.191. The highest BCUT2D eigenvalue weighted by atomic mass is 35.5. The van der Waals surface area contributed by atoms with Crippen molar-refractivity contribution in [3.05, 3.63) is 33.8 Å². The van der Waals surface area contributed by atoms with Crippen LogP contribution in [0.25, 0.3) is 0 Å². The van der Waals surface area contributed by atoms with Crippen LogP contribution in [0.4, 0.5) is 0 Å². The predicted octanol–water partition coefficient (Wildman–Crippen LogP) is 3.93. The van der Waals surface area contributed by atoms with Crippen LogP contribution in [0.3, 0.4) is 0 Å². The smallest absolute Gasteiger partial charge is 0.0465 e. The monoisotopic (exact) mass is 275 g/mol. The number of methoxy groups -OCH3 is 1. The number of rotatable bonds is 6. The van der Waals surface area contributed by atoms with Crippen LogP contribution in [-0.4, -0.2) is 20.8 Å². The van der Waals surface area contributed by atoms with Crippen molar-refractivity contribution < 1.29 is 4.74 Å². The lowest BCUT2D eigenvalue weighted by Crippen LogP contribution is -2.24. The third kappa shape index (κ3) is 4.14. The average molecular weight is 276 g/mol. The summed E-state index contributed by atoms with van der Waals surface area (Å²) in [6, 6.07) is 5.76. The first-order valence-electron chi connectivity index (χ1n) is 5.71. The molecule has 96 valence electrons. The molecule has 0 fully saturated rings. The summed E-state index contributed by atoms with van der Waals surface area (Å²) in [6.07, 6.45) is 0.977. The number of hydrogen-bond donors (Lipinski definition) is 1. The van der Waals surface area contributed by atoms with E-state index < -0.39 is 0 Å². The molecule has 1 aromatic rings. The van der Waals surface area contributed by atoms with Crippen LogP contribution in [-0.2, 0) is 4.74 Å². The first-order chi connectivity index (χ1) is 8.10. The van der Waals surface area contributed by atoms with E-state index >= 15 is 0 Å². The normalized spacial score (nSPS) is 14.6. The van der Waals surface area contributed by atoms with Crippen molar-refractivity contribution in [3.8, 4) is 0 Å². The first kappa shape index (κ1) is 14.8. The van der Waals surface area contributed by atoms with Crippen molar-refractivity contribution in [2.45, 2.75) is 19.4 Å². The zero-order valence-electron chi connectivity index (χ0n) is 10.5. The van der Waals surface area contributed by atoms with Crippen molar-refractivity contribution in [3.63, 3.8) is 0 Å². The molecular formula is C13H19Cl2NO. The van der Waals surface area contributed by atoms with E-state index in [2.05, 4.69) is 12.2 Å². The van der Waals surface area contributed by atoms with Gasteiger partial charge in [-0.2, -0.15) is 0 Å². The number of hydrogen-bond acceptors (Lipinski definition) is 2. The fourth-order valence-corrected chi connectivity index (χ4v) is 2.39. The van der Waals surface area contributed by atoms with Gasteiger partial charge in [0.05, 0.1) is 0 Å². The van der Waals surface area contributed by atoms with E-state index in [-0.39, 0.29) is 6.04 Å². The zero-order chi connectivity index (χ0) is 12.8. The molecule has 0 bridgehead atoms. The molecule has 0 heterocycles. The molecule has 0 aliphatic heterocycles. The molecule has 0 aromatic heterocycles. The highest BCUT2D eigenvalue weighted by Gasteiger charge is 2.20. The van der Waals surface area contributed by atoms with Gasteiger partial charge >= 0.3 is 0 Å². The van der Waals surface area contributed by atoms with E-state index in [0.717, 1.165) is 23.6 Å². The van der Waals surface area contributed by atoms with Crippen LogP contribution in [0.5, 0.6) is 0 Å². The Morgan fingerprint density at radius 1 is 1.35 bits per heavy atom. The summed E-state index contributed by atoms with van der Waals surface area (Å²) in [7, 11) is 3.65. The number of halogens is 2. The molecule has 1 rings (SSSR count). The second-order valence-corrected chi connectivity index (χ2v) is 5.03. The summed E-state index contributed by atoms with van der Waals surface area (Å²) >= 11 is 12.2. The molecular weight excluding hydrogens is 257 g/mol. The third-order valence-electron chi connectivity index (χ3n) is 2.95. The molecule has 0 saturated carbocycles. The van der Waals surface area contributed by atoms with Crippen LogP contribution in [0, 0.1) is 5.92 Å². The van der Waals surface area contributed by atoms with Gasteiger partial charge in [0.2, 0.25) is 0 Å². The third-order valence-corrected chi connectivity index (χ3v) is 3.53. The summed E-state index contributed by atoms with van der Waals surface area (Å²) in [6.45, 7) is 2.93. The van der Waals surface area contributed by atoms with Crippen molar-refractivity contribution in [2.75, 3.05) is 20.8 Å². The minimum atomic E-state index is 0.191. The number of ether oxygens (including phenoxy) is 1. The van der Waals surface area contributed by atoms with Crippen LogP contribution in [0.15, 0.2) is 18.2 Å². The molecule has 0 saturated heterocycles. The van der Waals surface area contributed by atoms with Gasteiger partial charge in [-0.05, 0) is 43.1 Å². The highest BCUT2D eigenvalue weighted by Crippen LogP contribution is 2.31. The summed E-state index contributed by atoms with van der Waals surface area (Å²) in [4.78, 5) is 0. The van der Waals surface area contributed by atoms with Crippen LogP contribution in [0.1, 0.15) is 24.9 Å². The van der Waals surface area contributed by atoms with Gasteiger partial charge in [0.15, 0.2) is 0 Å². The second kappa shape index (κ2) is 7.22. The lowest BCUT2D eigenvalue weighted by molar-refractivity contribution is 0.171. The van der Waals surface area contributed by atoms with E-state index in [1.54, 1.807) is 13.2 Å². The maximum Gasteiger partial charge on any atom is 0.0465 e. The van der Waals surface area contributed by atoms with E-state index in [1.165, 1.54) is 0 Å². The van der Waals surface area contributed by atoms with E-state index in [0.29, 0.717) is 10.9 Å². The predicted molar refractivity (Wildman–Crippen MR) is 73.9 cm³/mol. The standard InChI is InChI=1S/C13H19Cl2NO/c1-9(6-7-17-3)13(16-2)11-8-10(14)4-5-12(11)15/h4-5,8-9,13,16H,6-7H2,1-3H3. The Hall–Kier alpha value is -0.280. The van der Waals surface area contributed by atoms with Crippen LogP contribution < -0.4 is 5.32 Å². The largest absolute Gasteiger partial charge is 0.385 e. The summed E-state index contributed by atoms with van der Waals surface area (Å²) in [5, 5.41) is 4.76. The molecule has 2 atom stereocenters. The van der Waals surface area contributed by atoms with Crippen molar-refractivity contribution in [2.24, 2.45) is 5.92 Å². The average Bonchev–Trinajstić information content (AvgIpc) is 2.32. The molecule has 4 heteroatoms. The first-order valence-corrected chi connectivity index (χ1v) is 6.47. The maximum atomic E-state index is 6.22. The summed E-state index contributed by atoms with van der Waals surface area (Å²) < 4.78 is 5.11. The highest BCUT2D eigenvalue weighted by molar-refractivity contribution is 6.33. The van der Waals surface area contributed by atoms with Gasteiger partial charge in [-0.1, -0.05) is 30.1 Å². The molecule has 0 aliphatic carbocycles. The Morgan fingerprint density at radius 3 is 2.65 bits per heavy atom.